The molecular weight excluding hydrogens is 342 g/mol. The van der Waals surface area contributed by atoms with Crippen LogP contribution in [0.25, 0.3) is 0 Å². The largest absolute Gasteiger partial charge is 0.305 e. The smallest absolute Gasteiger partial charge is 0.140 e. The van der Waals surface area contributed by atoms with Gasteiger partial charge in [0.15, 0.2) is 0 Å². The molecule has 0 saturated carbocycles. The van der Waals surface area contributed by atoms with Crippen molar-refractivity contribution in [3.05, 3.63) is 71.7 Å². The molecule has 0 fully saturated rings. The number of pyridine rings is 3. The highest BCUT2D eigenvalue weighted by molar-refractivity contribution is 5.37. The fourth-order valence-electron chi connectivity index (χ4n) is 2.62. The van der Waals surface area contributed by atoms with Crippen molar-refractivity contribution in [1.29, 1.82) is 0 Å². The van der Waals surface area contributed by atoms with E-state index in [1.807, 2.05) is 54.6 Å². The molecule has 0 unspecified atom stereocenters. The van der Waals surface area contributed by atoms with E-state index in [9.17, 15) is 0 Å². The molecule has 27 heavy (non-hydrogen) atoms. The second kappa shape index (κ2) is 8.41. The van der Waals surface area contributed by atoms with Crippen molar-refractivity contribution in [2.24, 2.45) is 0 Å². The number of nitrogens with one attached hydrogen (secondary N) is 6. The summed E-state index contributed by atoms with van der Waals surface area (Å²) in [5, 5.41) is 0. The van der Waals surface area contributed by atoms with E-state index in [-0.39, 0.29) is 0 Å². The Labute approximate surface area is 157 Å². The number of nitrogens with zero attached hydrogens (tertiary/aromatic N) is 3. The molecule has 1 aliphatic rings. The van der Waals surface area contributed by atoms with Crippen molar-refractivity contribution in [3.8, 4) is 0 Å². The lowest BCUT2D eigenvalue weighted by Crippen LogP contribution is -2.26. The molecule has 9 nitrogen and oxygen atoms in total. The lowest BCUT2D eigenvalue weighted by atomic mass is 10.3. The van der Waals surface area contributed by atoms with Crippen molar-refractivity contribution < 1.29 is 0 Å². The number of aromatic nitrogens is 3. The third kappa shape index (κ3) is 4.88. The Hall–Kier alpha value is -3.27. The number of fused-ring (bicyclic) bond motifs is 6. The maximum Gasteiger partial charge on any atom is 0.140 e. The lowest BCUT2D eigenvalue weighted by molar-refractivity contribution is 0.737. The van der Waals surface area contributed by atoms with Crippen LogP contribution in [0.15, 0.2) is 54.6 Å². The molecule has 3 aromatic heterocycles. The van der Waals surface area contributed by atoms with Gasteiger partial charge in [-0.3, -0.25) is 0 Å². The third-order valence-corrected chi connectivity index (χ3v) is 3.88. The summed E-state index contributed by atoms with van der Waals surface area (Å²) in [7, 11) is 0. The molecular formula is C18H21N9. The summed E-state index contributed by atoms with van der Waals surface area (Å²) >= 11 is 0. The number of rotatable bonds is 0. The van der Waals surface area contributed by atoms with E-state index in [1.165, 1.54) is 0 Å². The molecule has 3 aromatic rings. The first-order valence-corrected chi connectivity index (χ1v) is 8.70. The van der Waals surface area contributed by atoms with E-state index in [0.717, 1.165) is 34.5 Å². The van der Waals surface area contributed by atoms with Gasteiger partial charge in [0.1, 0.15) is 17.5 Å². The van der Waals surface area contributed by atoms with E-state index >= 15 is 0 Å². The van der Waals surface area contributed by atoms with Crippen molar-refractivity contribution in [2.45, 2.75) is 19.6 Å². The maximum atomic E-state index is 4.56. The van der Waals surface area contributed by atoms with Crippen LogP contribution in [-0.2, 0) is 19.6 Å². The number of anilines is 3. The van der Waals surface area contributed by atoms with Gasteiger partial charge in [0.25, 0.3) is 0 Å². The molecule has 0 aliphatic carbocycles. The second-order valence-corrected chi connectivity index (χ2v) is 5.98. The zero-order valence-corrected chi connectivity index (χ0v) is 14.7. The molecule has 138 valence electrons. The van der Waals surface area contributed by atoms with Crippen LogP contribution in [0.3, 0.4) is 0 Å². The Kier molecular flexibility index (Phi) is 5.34. The highest BCUT2D eigenvalue weighted by atomic mass is 15.4. The highest BCUT2D eigenvalue weighted by Gasteiger charge is 2.02. The summed E-state index contributed by atoms with van der Waals surface area (Å²) in [6.07, 6.45) is 0. The molecule has 4 rings (SSSR count). The van der Waals surface area contributed by atoms with Crippen molar-refractivity contribution in [2.75, 3.05) is 16.3 Å². The first kappa shape index (κ1) is 17.2. The summed E-state index contributed by atoms with van der Waals surface area (Å²) < 4.78 is 0. The van der Waals surface area contributed by atoms with Crippen LogP contribution < -0.4 is 32.6 Å². The van der Waals surface area contributed by atoms with Crippen LogP contribution in [0.5, 0.6) is 0 Å². The minimum Gasteiger partial charge on any atom is -0.305 e. The van der Waals surface area contributed by atoms with Crippen LogP contribution in [0.1, 0.15) is 17.1 Å². The van der Waals surface area contributed by atoms with Gasteiger partial charge in [-0.25, -0.2) is 31.2 Å². The Morgan fingerprint density at radius 3 is 1.15 bits per heavy atom. The van der Waals surface area contributed by atoms with Crippen LogP contribution in [0.2, 0.25) is 0 Å². The fourth-order valence-corrected chi connectivity index (χ4v) is 2.62. The molecule has 0 atom stereocenters. The molecule has 9 heteroatoms. The molecule has 0 spiro atoms. The molecule has 0 saturated heterocycles. The van der Waals surface area contributed by atoms with Crippen molar-refractivity contribution >= 4 is 17.5 Å². The molecule has 6 bridgehead atoms. The second-order valence-electron chi connectivity index (χ2n) is 5.98. The molecule has 6 N–H and O–H groups in total. The Morgan fingerprint density at radius 2 is 0.815 bits per heavy atom. The molecule has 0 aromatic carbocycles. The van der Waals surface area contributed by atoms with Crippen molar-refractivity contribution in [1.82, 2.24) is 31.2 Å². The van der Waals surface area contributed by atoms with Crippen LogP contribution in [-0.4, -0.2) is 15.0 Å². The van der Waals surface area contributed by atoms with Gasteiger partial charge in [-0.2, -0.15) is 0 Å². The number of hydrogen-bond donors (Lipinski definition) is 6. The minimum atomic E-state index is 0.560. The number of hydrogen-bond acceptors (Lipinski definition) is 9. The Bertz CT molecular complexity index is 724. The quantitative estimate of drug-likeness (QED) is 0.354. The SMILES string of the molecule is c1cc2nc(c1)NNCc1cccc(n1)NNCc1cccc(n1)NNC2. The summed E-state index contributed by atoms with van der Waals surface area (Å²) in [6, 6.07) is 17.5. The Balaban J connectivity index is 1.54. The van der Waals surface area contributed by atoms with Gasteiger partial charge in [-0.15, -0.1) is 0 Å². The maximum absolute atomic E-state index is 4.56. The van der Waals surface area contributed by atoms with E-state index in [1.54, 1.807) is 0 Å². The standard InChI is InChI=1S/C18H21N9/c1-4-13-10-19-26-17-8-3-6-15(24-17)12-21-27-18-9-2-5-14(23-18)11-20-25-16(7-1)22-13/h1-9,19-21H,10-12H2,(H,22,25)(H,24,26)(H,23,27). The van der Waals surface area contributed by atoms with E-state index in [2.05, 4.69) is 47.5 Å². The summed E-state index contributed by atoms with van der Waals surface area (Å²) in [6.45, 7) is 1.68. The minimum absolute atomic E-state index is 0.560. The van der Waals surface area contributed by atoms with Gasteiger partial charge < -0.3 is 16.3 Å². The fraction of sp³-hybridized carbons (Fsp3) is 0.167. The van der Waals surface area contributed by atoms with E-state index < -0.39 is 0 Å². The van der Waals surface area contributed by atoms with Gasteiger partial charge >= 0.3 is 0 Å². The molecule has 0 amide bonds. The topological polar surface area (TPSA) is 111 Å². The first-order valence-electron chi connectivity index (χ1n) is 8.70. The average molecular weight is 363 g/mol. The predicted molar refractivity (Wildman–Crippen MR) is 104 cm³/mol. The predicted octanol–water partition coefficient (Wildman–Crippen LogP) is 1.54. The zero-order valence-electron chi connectivity index (χ0n) is 14.7. The monoisotopic (exact) mass is 363 g/mol. The normalized spacial score (nSPS) is 14.7. The van der Waals surface area contributed by atoms with Crippen molar-refractivity contribution in [3.63, 3.8) is 0 Å². The van der Waals surface area contributed by atoms with Gasteiger partial charge in [-0.1, -0.05) is 18.2 Å². The molecule has 0 radical (unpaired) electrons. The molecule has 1 aliphatic heterocycles. The lowest BCUT2D eigenvalue weighted by Gasteiger charge is -2.13. The van der Waals surface area contributed by atoms with Crippen LogP contribution in [0, 0.1) is 0 Å². The van der Waals surface area contributed by atoms with Gasteiger partial charge in [0.05, 0.1) is 36.7 Å². The third-order valence-electron chi connectivity index (χ3n) is 3.88. The van der Waals surface area contributed by atoms with Gasteiger partial charge in [0.2, 0.25) is 0 Å². The number of hydrazine groups is 3. The van der Waals surface area contributed by atoms with Crippen LogP contribution >= 0.6 is 0 Å². The Morgan fingerprint density at radius 1 is 0.481 bits per heavy atom. The summed E-state index contributed by atoms with van der Waals surface area (Å²) in [5.74, 6) is 2.23. The zero-order chi connectivity index (χ0) is 18.3. The van der Waals surface area contributed by atoms with E-state index in [4.69, 9.17) is 0 Å². The summed E-state index contributed by atoms with van der Waals surface area (Å²) in [4.78, 5) is 13.7. The highest BCUT2D eigenvalue weighted by Crippen LogP contribution is 2.08. The average Bonchev–Trinajstić information content (AvgIpc) is 2.69. The molecule has 4 heterocycles. The van der Waals surface area contributed by atoms with E-state index in [0.29, 0.717) is 19.6 Å². The van der Waals surface area contributed by atoms with Gasteiger partial charge in [0, 0.05) is 0 Å². The van der Waals surface area contributed by atoms with Gasteiger partial charge in [-0.05, 0) is 36.4 Å². The van der Waals surface area contributed by atoms with Crippen LogP contribution in [0.4, 0.5) is 17.5 Å². The first-order chi connectivity index (χ1) is 13.3. The summed E-state index contributed by atoms with van der Waals surface area (Å²) in [5.41, 5.74) is 21.4.